The van der Waals surface area contributed by atoms with E-state index in [1.54, 1.807) is 0 Å². The van der Waals surface area contributed by atoms with Crippen molar-refractivity contribution in [2.24, 2.45) is 0 Å². The summed E-state index contributed by atoms with van der Waals surface area (Å²) in [6.45, 7) is 3.41. The molecule has 0 aromatic heterocycles. The lowest BCUT2D eigenvalue weighted by Crippen LogP contribution is -2.47. The summed E-state index contributed by atoms with van der Waals surface area (Å²) in [6.07, 6.45) is -11.6. The third kappa shape index (κ3) is 5.38. The van der Waals surface area contributed by atoms with Gasteiger partial charge in [-0.3, -0.25) is 0 Å². The van der Waals surface area contributed by atoms with Crippen LogP contribution in [0.4, 0.5) is 30.7 Å². The van der Waals surface area contributed by atoms with Crippen LogP contribution in [-0.4, -0.2) is 30.2 Å². The molecule has 0 saturated carbocycles. The van der Waals surface area contributed by atoms with Gasteiger partial charge in [0.05, 0.1) is 18.6 Å². The smallest absolute Gasteiger partial charge is 0.367 e. The lowest BCUT2D eigenvalue weighted by Gasteiger charge is -2.33. The topological polar surface area (TPSA) is 9.23 Å². The Morgan fingerprint density at radius 1 is 1.05 bits per heavy atom. The molecule has 0 N–H and O–H groups in total. The van der Waals surface area contributed by atoms with Crippen molar-refractivity contribution >= 4 is 0 Å². The van der Waals surface area contributed by atoms with Crippen molar-refractivity contribution < 1.29 is 35.5 Å². The van der Waals surface area contributed by atoms with Crippen molar-refractivity contribution in [3.05, 3.63) is 12.7 Å². The van der Waals surface area contributed by atoms with Crippen LogP contribution >= 0.6 is 0 Å². The maximum absolute atomic E-state index is 13.6. The van der Waals surface area contributed by atoms with E-state index >= 15 is 0 Å². The number of ether oxygens (including phenoxy) is 1. The summed E-state index contributed by atoms with van der Waals surface area (Å²) in [6, 6.07) is 0. The van der Waals surface area contributed by atoms with Crippen LogP contribution in [0, 0.1) is 0 Å². The molecule has 0 aliphatic heterocycles. The standard InChI is InChI=1S/C11H15F7O/c1-4-8(3,6-10(13,14)15)19-7-9(12,5-2)11(16,17)18/h4H,1,5-7H2,2-3H3. The van der Waals surface area contributed by atoms with E-state index in [-0.39, 0.29) is 0 Å². The molecule has 0 radical (unpaired) electrons. The largest absolute Gasteiger partial charge is 0.424 e. The van der Waals surface area contributed by atoms with Gasteiger partial charge >= 0.3 is 12.4 Å². The average Bonchev–Trinajstić information content (AvgIpc) is 2.22. The van der Waals surface area contributed by atoms with Gasteiger partial charge < -0.3 is 4.74 Å². The Morgan fingerprint density at radius 3 is 1.79 bits per heavy atom. The quantitative estimate of drug-likeness (QED) is 0.515. The lowest BCUT2D eigenvalue weighted by molar-refractivity contribution is -0.259. The highest BCUT2D eigenvalue weighted by Gasteiger charge is 2.55. The number of rotatable bonds is 6. The van der Waals surface area contributed by atoms with E-state index < -0.39 is 43.1 Å². The molecular formula is C11H15F7O. The monoisotopic (exact) mass is 296 g/mol. The zero-order chi connectivity index (χ0) is 15.5. The molecule has 0 fully saturated rings. The maximum atomic E-state index is 13.6. The molecule has 0 aliphatic rings. The zero-order valence-corrected chi connectivity index (χ0v) is 10.5. The van der Waals surface area contributed by atoms with Gasteiger partial charge in [-0.2, -0.15) is 26.3 Å². The molecule has 0 aromatic rings. The van der Waals surface area contributed by atoms with Gasteiger partial charge in [0.2, 0.25) is 5.67 Å². The van der Waals surface area contributed by atoms with Crippen molar-refractivity contribution in [1.29, 1.82) is 0 Å². The van der Waals surface area contributed by atoms with Crippen molar-refractivity contribution in [1.82, 2.24) is 0 Å². The van der Waals surface area contributed by atoms with Gasteiger partial charge in [-0.25, -0.2) is 4.39 Å². The van der Waals surface area contributed by atoms with Crippen LogP contribution in [0.15, 0.2) is 12.7 Å². The second-order valence-electron chi connectivity index (χ2n) is 4.41. The summed E-state index contributed by atoms with van der Waals surface area (Å²) >= 11 is 0. The predicted molar refractivity (Wildman–Crippen MR) is 55.4 cm³/mol. The molecule has 0 spiro atoms. The predicted octanol–water partition coefficient (Wildman–Crippen LogP) is 4.58. The number of alkyl halides is 7. The fraction of sp³-hybridized carbons (Fsp3) is 0.818. The molecule has 2 atom stereocenters. The van der Waals surface area contributed by atoms with Crippen LogP contribution in [0.25, 0.3) is 0 Å². The first kappa shape index (κ1) is 18.2. The summed E-state index contributed by atoms with van der Waals surface area (Å²) < 4.78 is 92.0. The molecule has 0 aliphatic carbocycles. The third-order valence-corrected chi connectivity index (χ3v) is 2.68. The van der Waals surface area contributed by atoms with Crippen LogP contribution in [-0.2, 0) is 4.74 Å². The van der Waals surface area contributed by atoms with Crippen molar-refractivity contribution in [2.45, 2.75) is 50.3 Å². The van der Waals surface area contributed by atoms with Gasteiger partial charge in [0.1, 0.15) is 0 Å². The van der Waals surface area contributed by atoms with Crippen LogP contribution in [0.2, 0.25) is 0 Å². The normalized spacial score (nSPS) is 19.6. The Hall–Kier alpha value is -0.790. The molecule has 0 heterocycles. The summed E-state index contributed by atoms with van der Waals surface area (Å²) in [4.78, 5) is 0. The Morgan fingerprint density at radius 2 is 1.53 bits per heavy atom. The minimum Gasteiger partial charge on any atom is -0.367 e. The minimum atomic E-state index is -5.21. The minimum absolute atomic E-state index is 0.715. The molecular weight excluding hydrogens is 281 g/mol. The molecule has 8 heteroatoms. The molecule has 0 aromatic carbocycles. The number of halogens is 7. The SMILES string of the molecule is C=CC(C)(CC(F)(F)F)OCC(F)(CC)C(F)(F)F. The Balaban J connectivity index is 4.88. The first-order valence-corrected chi connectivity index (χ1v) is 5.38. The van der Waals surface area contributed by atoms with E-state index in [4.69, 9.17) is 0 Å². The Labute approximate surface area is 106 Å². The molecule has 0 saturated heterocycles. The van der Waals surface area contributed by atoms with Gasteiger partial charge in [0.25, 0.3) is 0 Å². The molecule has 114 valence electrons. The van der Waals surface area contributed by atoms with Gasteiger partial charge in [-0.05, 0) is 13.3 Å². The van der Waals surface area contributed by atoms with Gasteiger partial charge in [-0.15, -0.1) is 6.58 Å². The summed E-state index contributed by atoms with van der Waals surface area (Å²) in [5.41, 5.74) is -5.78. The number of hydrogen-bond acceptors (Lipinski definition) is 1. The van der Waals surface area contributed by atoms with Crippen molar-refractivity contribution in [3.63, 3.8) is 0 Å². The fourth-order valence-electron chi connectivity index (χ4n) is 1.24. The number of hydrogen-bond donors (Lipinski definition) is 0. The first-order valence-electron chi connectivity index (χ1n) is 5.38. The molecule has 0 amide bonds. The summed E-state index contributed by atoms with van der Waals surface area (Å²) in [7, 11) is 0. The Bertz CT molecular complexity index is 309. The first-order chi connectivity index (χ1) is 8.29. The third-order valence-electron chi connectivity index (χ3n) is 2.68. The second kappa shape index (κ2) is 5.68. The average molecular weight is 296 g/mol. The summed E-state index contributed by atoms with van der Waals surface area (Å²) in [5.74, 6) is 0. The highest BCUT2D eigenvalue weighted by Crippen LogP contribution is 2.39. The van der Waals surface area contributed by atoms with E-state index in [1.165, 1.54) is 0 Å². The van der Waals surface area contributed by atoms with E-state index in [0.717, 1.165) is 13.8 Å². The van der Waals surface area contributed by atoms with E-state index in [9.17, 15) is 30.7 Å². The Kier molecular flexibility index (Phi) is 5.45. The zero-order valence-electron chi connectivity index (χ0n) is 10.5. The van der Waals surface area contributed by atoms with Crippen LogP contribution in [0.5, 0.6) is 0 Å². The van der Waals surface area contributed by atoms with Gasteiger partial charge in [0.15, 0.2) is 0 Å². The molecule has 2 unspecified atom stereocenters. The molecule has 1 nitrogen and oxygen atoms in total. The highest BCUT2D eigenvalue weighted by molar-refractivity contribution is 4.97. The summed E-state index contributed by atoms with van der Waals surface area (Å²) in [5, 5.41) is 0. The van der Waals surface area contributed by atoms with Crippen LogP contribution < -0.4 is 0 Å². The molecule has 0 rings (SSSR count). The molecule has 0 bridgehead atoms. The van der Waals surface area contributed by atoms with Crippen molar-refractivity contribution in [2.75, 3.05) is 6.61 Å². The van der Waals surface area contributed by atoms with E-state index in [2.05, 4.69) is 11.3 Å². The van der Waals surface area contributed by atoms with Gasteiger partial charge in [0, 0.05) is 0 Å². The van der Waals surface area contributed by atoms with E-state index in [0.29, 0.717) is 6.08 Å². The van der Waals surface area contributed by atoms with E-state index in [1.807, 2.05) is 0 Å². The molecule has 19 heavy (non-hydrogen) atoms. The lowest BCUT2D eigenvalue weighted by atomic mass is 10.00. The highest BCUT2D eigenvalue weighted by atomic mass is 19.4. The van der Waals surface area contributed by atoms with Crippen molar-refractivity contribution in [3.8, 4) is 0 Å². The second-order valence-corrected chi connectivity index (χ2v) is 4.41. The van der Waals surface area contributed by atoms with Crippen LogP contribution in [0.3, 0.4) is 0 Å². The fourth-order valence-corrected chi connectivity index (χ4v) is 1.24. The van der Waals surface area contributed by atoms with Gasteiger partial charge in [-0.1, -0.05) is 13.0 Å². The maximum Gasteiger partial charge on any atom is 0.424 e. The van der Waals surface area contributed by atoms with Crippen LogP contribution in [0.1, 0.15) is 26.7 Å².